The van der Waals surface area contributed by atoms with E-state index in [2.05, 4.69) is 15.9 Å². The van der Waals surface area contributed by atoms with Crippen LogP contribution in [0.25, 0.3) is 10.9 Å². The van der Waals surface area contributed by atoms with Crippen LogP contribution in [0.3, 0.4) is 0 Å². The van der Waals surface area contributed by atoms with E-state index in [1.807, 2.05) is 0 Å². The summed E-state index contributed by atoms with van der Waals surface area (Å²) in [6.07, 6.45) is 1.64. The zero-order valence-corrected chi connectivity index (χ0v) is 9.89. The minimum absolute atomic E-state index is 0.0808. The van der Waals surface area contributed by atoms with Gasteiger partial charge in [-0.2, -0.15) is 0 Å². The highest BCUT2D eigenvalue weighted by Crippen LogP contribution is 2.19. The molecule has 1 heterocycles. The van der Waals surface area contributed by atoms with Gasteiger partial charge in [0.2, 0.25) is 5.43 Å². The molecule has 0 saturated heterocycles. The van der Waals surface area contributed by atoms with Gasteiger partial charge in [0, 0.05) is 25.4 Å². The maximum atomic E-state index is 11.8. The minimum atomic E-state index is -0.514. The number of aryl methyl sites for hydroxylation is 1. The van der Waals surface area contributed by atoms with Crippen LogP contribution in [-0.2, 0) is 7.05 Å². The topological polar surface area (TPSA) is 65.1 Å². The lowest BCUT2D eigenvalue weighted by molar-refractivity contribution is -0.384. The molecule has 0 atom stereocenters. The molecular weight excluding hydrogens is 276 g/mol. The van der Waals surface area contributed by atoms with Crippen molar-refractivity contribution in [2.75, 3.05) is 0 Å². The Bertz CT molecular complexity index is 648. The number of nitro benzene ring substituents is 1. The van der Waals surface area contributed by atoms with Crippen LogP contribution in [0, 0.1) is 10.1 Å². The lowest BCUT2D eigenvalue weighted by Gasteiger charge is -2.05. The molecule has 0 N–H and O–H groups in total. The molecule has 0 bridgehead atoms. The second-order valence-electron chi connectivity index (χ2n) is 3.38. The van der Waals surface area contributed by atoms with Crippen molar-refractivity contribution in [3.8, 4) is 0 Å². The van der Waals surface area contributed by atoms with Gasteiger partial charge in [-0.3, -0.25) is 14.9 Å². The van der Waals surface area contributed by atoms with Crippen LogP contribution in [-0.4, -0.2) is 9.49 Å². The Hall–Kier alpha value is -1.69. The van der Waals surface area contributed by atoms with Crippen molar-refractivity contribution in [2.24, 2.45) is 7.05 Å². The smallest absolute Gasteiger partial charge is 0.270 e. The molecule has 0 saturated carbocycles. The van der Waals surface area contributed by atoms with Crippen LogP contribution in [0.2, 0.25) is 0 Å². The average molecular weight is 283 g/mol. The Morgan fingerprint density at radius 3 is 2.75 bits per heavy atom. The van der Waals surface area contributed by atoms with E-state index in [0.29, 0.717) is 15.4 Å². The quantitative estimate of drug-likeness (QED) is 0.595. The number of benzene rings is 1. The van der Waals surface area contributed by atoms with Gasteiger partial charge in [-0.25, -0.2) is 0 Å². The van der Waals surface area contributed by atoms with Gasteiger partial charge in [0.05, 0.1) is 20.3 Å². The summed E-state index contributed by atoms with van der Waals surface area (Å²) in [6, 6.07) is 4.25. The number of fused-ring (bicyclic) bond motifs is 1. The van der Waals surface area contributed by atoms with Crippen molar-refractivity contribution >= 4 is 32.5 Å². The molecule has 0 aliphatic carbocycles. The van der Waals surface area contributed by atoms with Crippen LogP contribution in [0.15, 0.2) is 33.7 Å². The zero-order chi connectivity index (χ0) is 11.9. The summed E-state index contributed by atoms with van der Waals surface area (Å²) < 4.78 is 2.13. The van der Waals surface area contributed by atoms with E-state index in [1.165, 1.54) is 12.1 Å². The minimum Gasteiger partial charge on any atom is -0.349 e. The third-order valence-corrected chi connectivity index (χ3v) is 2.90. The van der Waals surface area contributed by atoms with Gasteiger partial charge >= 0.3 is 0 Å². The van der Waals surface area contributed by atoms with Gasteiger partial charge in [0.25, 0.3) is 5.69 Å². The van der Waals surface area contributed by atoms with Gasteiger partial charge in [-0.05, 0) is 22.0 Å². The summed E-state index contributed by atoms with van der Waals surface area (Å²) >= 11 is 3.13. The van der Waals surface area contributed by atoms with Gasteiger partial charge in [-0.15, -0.1) is 0 Å². The Balaban J connectivity index is 2.92. The van der Waals surface area contributed by atoms with Crippen molar-refractivity contribution in [1.29, 1.82) is 0 Å². The molecule has 0 spiro atoms. The number of hydrogen-bond donors (Lipinski definition) is 0. The molecule has 1 aromatic heterocycles. The largest absolute Gasteiger partial charge is 0.349 e. The lowest BCUT2D eigenvalue weighted by Crippen LogP contribution is -2.08. The molecule has 82 valence electrons. The van der Waals surface area contributed by atoms with E-state index in [4.69, 9.17) is 0 Å². The standard InChI is InChI=1S/C10H7BrN2O3/c1-12-5-8(11)10(14)7-4-6(13(15)16)2-3-9(7)12/h2-5H,1H3. The fourth-order valence-electron chi connectivity index (χ4n) is 1.55. The molecule has 0 fully saturated rings. The first kappa shape index (κ1) is 10.8. The normalized spacial score (nSPS) is 10.6. The zero-order valence-electron chi connectivity index (χ0n) is 8.31. The SMILES string of the molecule is Cn1cc(Br)c(=O)c2cc([N+](=O)[O-])ccc21. The highest BCUT2D eigenvalue weighted by Gasteiger charge is 2.11. The predicted octanol–water partition coefficient (Wildman–Crippen LogP) is 2.21. The first-order chi connectivity index (χ1) is 7.50. The summed E-state index contributed by atoms with van der Waals surface area (Å²) in [4.78, 5) is 21.9. The van der Waals surface area contributed by atoms with E-state index >= 15 is 0 Å². The van der Waals surface area contributed by atoms with Crippen molar-refractivity contribution < 1.29 is 4.92 Å². The third kappa shape index (κ3) is 1.61. The van der Waals surface area contributed by atoms with Crippen molar-refractivity contribution in [1.82, 2.24) is 4.57 Å². The monoisotopic (exact) mass is 282 g/mol. The molecule has 6 heteroatoms. The van der Waals surface area contributed by atoms with E-state index in [1.54, 1.807) is 23.9 Å². The maximum Gasteiger partial charge on any atom is 0.270 e. The number of non-ortho nitro benzene ring substituents is 1. The van der Waals surface area contributed by atoms with Gasteiger partial charge in [-0.1, -0.05) is 0 Å². The van der Waals surface area contributed by atoms with Gasteiger partial charge < -0.3 is 4.57 Å². The third-order valence-electron chi connectivity index (χ3n) is 2.34. The van der Waals surface area contributed by atoms with Crippen molar-refractivity contribution in [3.05, 3.63) is 49.2 Å². The van der Waals surface area contributed by atoms with E-state index < -0.39 is 4.92 Å². The second-order valence-corrected chi connectivity index (χ2v) is 4.23. The molecule has 1 aromatic carbocycles. The number of aromatic nitrogens is 1. The fraction of sp³-hybridized carbons (Fsp3) is 0.100. The molecule has 2 rings (SSSR count). The molecule has 2 aromatic rings. The number of hydrogen-bond acceptors (Lipinski definition) is 3. The molecule has 0 unspecified atom stereocenters. The number of nitrogens with zero attached hydrogens (tertiary/aromatic N) is 2. The van der Waals surface area contributed by atoms with E-state index in [0.717, 1.165) is 0 Å². The number of nitro groups is 1. The second kappa shape index (κ2) is 3.71. The molecule has 5 nitrogen and oxygen atoms in total. The van der Waals surface area contributed by atoms with E-state index in [-0.39, 0.29) is 11.1 Å². The van der Waals surface area contributed by atoms with Crippen LogP contribution in [0.4, 0.5) is 5.69 Å². The van der Waals surface area contributed by atoms with Crippen LogP contribution in [0.5, 0.6) is 0 Å². The summed E-state index contributed by atoms with van der Waals surface area (Å²) in [5.41, 5.74) is 0.346. The molecule has 0 amide bonds. The lowest BCUT2D eigenvalue weighted by atomic mass is 10.2. The Kier molecular flexibility index (Phi) is 2.51. The fourth-order valence-corrected chi connectivity index (χ4v) is 2.07. The first-order valence-electron chi connectivity index (χ1n) is 4.44. The number of pyridine rings is 1. The first-order valence-corrected chi connectivity index (χ1v) is 5.23. The van der Waals surface area contributed by atoms with Crippen LogP contribution < -0.4 is 5.43 Å². The predicted molar refractivity (Wildman–Crippen MR) is 63.5 cm³/mol. The van der Waals surface area contributed by atoms with Gasteiger partial charge in [0.15, 0.2) is 0 Å². The Morgan fingerprint density at radius 1 is 1.44 bits per heavy atom. The maximum absolute atomic E-state index is 11.8. The Morgan fingerprint density at radius 2 is 2.12 bits per heavy atom. The molecule has 16 heavy (non-hydrogen) atoms. The van der Waals surface area contributed by atoms with Crippen LogP contribution >= 0.6 is 15.9 Å². The summed E-state index contributed by atoms with van der Waals surface area (Å²) in [5.74, 6) is 0. The molecule has 0 radical (unpaired) electrons. The average Bonchev–Trinajstić information content (AvgIpc) is 2.25. The van der Waals surface area contributed by atoms with Gasteiger partial charge in [0.1, 0.15) is 0 Å². The number of rotatable bonds is 1. The highest BCUT2D eigenvalue weighted by atomic mass is 79.9. The Labute approximate surface area is 98.6 Å². The molecule has 0 aliphatic rings. The molecule has 0 aliphatic heterocycles. The summed E-state index contributed by atoms with van der Waals surface area (Å²) in [6.45, 7) is 0. The summed E-state index contributed by atoms with van der Waals surface area (Å²) in [7, 11) is 1.78. The van der Waals surface area contributed by atoms with Crippen molar-refractivity contribution in [2.45, 2.75) is 0 Å². The molecular formula is C10H7BrN2O3. The number of halogens is 1. The van der Waals surface area contributed by atoms with E-state index in [9.17, 15) is 14.9 Å². The summed E-state index contributed by atoms with van der Waals surface area (Å²) in [5, 5.41) is 10.9. The van der Waals surface area contributed by atoms with Crippen LogP contribution in [0.1, 0.15) is 0 Å². The highest BCUT2D eigenvalue weighted by molar-refractivity contribution is 9.10. The van der Waals surface area contributed by atoms with Crippen molar-refractivity contribution in [3.63, 3.8) is 0 Å².